The summed E-state index contributed by atoms with van der Waals surface area (Å²) in [6.07, 6.45) is 6.80. The smallest absolute Gasteiger partial charge is 0.267 e. The Labute approximate surface area is 111 Å². The molecular formula is C12H15N3O3S. The lowest BCUT2D eigenvalue weighted by molar-refractivity contribution is 0.0980. The number of aromatic nitrogens is 2. The van der Waals surface area contributed by atoms with Gasteiger partial charge in [0.15, 0.2) is 0 Å². The molecule has 1 aromatic heterocycles. The molecule has 7 heteroatoms. The van der Waals surface area contributed by atoms with Crippen LogP contribution in [0.4, 0.5) is 0 Å². The van der Waals surface area contributed by atoms with E-state index in [1.807, 2.05) is 0 Å². The molecule has 1 N–H and O–H groups in total. The van der Waals surface area contributed by atoms with Gasteiger partial charge in [0.25, 0.3) is 5.91 Å². The number of nitrogens with one attached hydrogen (secondary N) is 1. The Kier molecular flexibility index (Phi) is 3.00. The molecule has 3 rings (SSSR count). The van der Waals surface area contributed by atoms with Crippen molar-refractivity contribution in [2.45, 2.75) is 31.6 Å². The summed E-state index contributed by atoms with van der Waals surface area (Å²) >= 11 is 0. The van der Waals surface area contributed by atoms with E-state index in [-0.39, 0.29) is 17.2 Å². The van der Waals surface area contributed by atoms with Crippen LogP contribution in [0.15, 0.2) is 12.4 Å². The van der Waals surface area contributed by atoms with E-state index in [0.717, 1.165) is 31.5 Å². The summed E-state index contributed by atoms with van der Waals surface area (Å²) in [5.41, 5.74) is 0.184. The average Bonchev–Trinajstić information content (AvgIpc) is 3.22. The zero-order valence-corrected chi connectivity index (χ0v) is 11.2. The fourth-order valence-corrected chi connectivity index (χ4v) is 3.28. The summed E-state index contributed by atoms with van der Waals surface area (Å²) in [6, 6.07) is 0. The van der Waals surface area contributed by atoms with Crippen molar-refractivity contribution >= 4 is 15.9 Å². The van der Waals surface area contributed by atoms with Crippen LogP contribution in [0, 0.1) is 5.92 Å². The van der Waals surface area contributed by atoms with Gasteiger partial charge in [0.1, 0.15) is 5.82 Å². The third-order valence-corrected chi connectivity index (χ3v) is 4.68. The van der Waals surface area contributed by atoms with Gasteiger partial charge in [0.05, 0.1) is 11.3 Å². The standard InChI is InChI=1S/C12H15N3O3S/c16-12(15-19(17,18)7-8-1-2-8)10-5-13-11(14-6-10)9-3-4-9/h5-6,8-9H,1-4,7H2,(H,15,16). The van der Waals surface area contributed by atoms with Crippen molar-refractivity contribution in [1.82, 2.24) is 14.7 Å². The molecule has 1 aromatic rings. The van der Waals surface area contributed by atoms with Gasteiger partial charge in [-0.3, -0.25) is 4.79 Å². The maximum absolute atomic E-state index is 11.8. The minimum atomic E-state index is -3.53. The number of carbonyl (C=O) groups excluding carboxylic acids is 1. The number of amides is 1. The van der Waals surface area contributed by atoms with E-state index in [2.05, 4.69) is 14.7 Å². The van der Waals surface area contributed by atoms with E-state index in [1.165, 1.54) is 12.4 Å². The van der Waals surface area contributed by atoms with Crippen LogP contribution in [0.3, 0.4) is 0 Å². The maximum Gasteiger partial charge on any atom is 0.267 e. The fraction of sp³-hybridized carbons (Fsp3) is 0.583. The number of hydrogen-bond donors (Lipinski definition) is 1. The number of sulfonamides is 1. The van der Waals surface area contributed by atoms with Gasteiger partial charge < -0.3 is 0 Å². The van der Waals surface area contributed by atoms with Crippen LogP contribution in [0.2, 0.25) is 0 Å². The molecule has 0 bridgehead atoms. The highest BCUT2D eigenvalue weighted by molar-refractivity contribution is 7.90. The summed E-state index contributed by atoms with van der Waals surface area (Å²) in [4.78, 5) is 20.0. The van der Waals surface area contributed by atoms with Crippen LogP contribution in [0.1, 0.15) is 47.8 Å². The molecule has 0 spiro atoms. The minimum absolute atomic E-state index is 0.0275. The van der Waals surface area contributed by atoms with Gasteiger partial charge in [-0.05, 0) is 31.6 Å². The van der Waals surface area contributed by atoms with Gasteiger partial charge in [-0.15, -0.1) is 0 Å². The lowest BCUT2D eigenvalue weighted by atomic mass is 10.3. The molecule has 2 saturated carbocycles. The zero-order chi connectivity index (χ0) is 13.5. The van der Waals surface area contributed by atoms with Crippen molar-refractivity contribution in [2.75, 3.05) is 5.75 Å². The number of hydrogen-bond acceptors (Lipinski definition) is 5. The third-order valence-electron chi connectivity index (χ3n) is 3.28. The van der Waals surface area contributed by atoms with E-state index < -0.39 is 15.9 Å². The summed E-state index contributed by atoms with van der Waals surface area (Å²) < 4.78 is 25.4. The molecule has 102 valence electrons. The zero-order valence-electron chi connectivity index (χ0n) is 10.4. The van der Waals surface area contributed by atoms with E-state index in [0.29, 0.717) is 5.92 Å². The van der Waals surface area contributed by atoms with Gasteiger partial charge in [-0.25, -0.2) is 23.1 Å². The Morgan fingerprint density at radius 1 is 1.21 bits per heavy atom. The molecule has 0 unspecified atom stereocenters. The Balaban J connectivity index is 1.65. The molecule has 0 aromatic carbocycles. The highest BCUT2D eigenvalue weighted by atomic mass is 32.2. The maximum atomic E-state index is 11.8. The lowest BCUT2D eigenvalue weighted by Crippen LogP contribution is -2.33. The molecule has 2 aliphatic rings. The molecule has 1 amide bonds. The topological polar surface area (TPSA) is 89.0 Å². The molecule has 19 heavy (non-hydrogen) atoms. The molecule has 2 fully saturated rings. The highest BCUT2D eigenvalue weighted by Crippen LogP contribution is 2.37. The van der Waals surface area contributed by atoms with Gasteiger partial charge in [-0.2, -0.15) is 0 Å². The number of carbonyl (C=O) groups is 1. The Morgan fingerprint density at radius 2 is 1.84 bits per heavy atom. The molecule has 0 saturated heterocycles. The van der Waals surface area contributed by atoms with E-state index in [4.69, 9.17) is 0 Å². The predicted molar refractivity (Wildman–Crippen MR) is 68.0 cm³/mol. The first-order valence-corrected chi connectivity index (χ1v) is 8.05. The van der Waals surface area contributed by atoms with Crippen molar-refractivity contribution in [2.24, 2.45) is 5.92 Å². The van der Waals surface area contributed by atoms with Crippen molar-refractivity contribution in [1.29, 1.82) is 0 Å². The van der Waals surface area contributed by atoms with Crippen molar-refractivity contribution in [3.05, 3.63) is 23.8 Å². The van der Waals surface area contributed by atoms with Gasteiger partial charge in [0.2, 0.25) is 10.0 Å². The van der Waals surface area contributed by atoms with E-state index in [1.54, 1.807) is 0 Å². The molecule has 1 heterocycles. The summed E-state index contributed by atoms with van der Waals surface area (Å²) in [7, 11) is -3.53. The first kappa shape index (κ1) is 12.5. The normalized spacial score (nSPS) is 19.2. The molecular weight excluding hydrogens is 266 g/mol. The van der Waals surface area contributed by atoms with Crippen LogP contribution in [-0.2, 0) is 10.0 Å². The fourth-order valence-electron chi connectivity index (χ4n) is 1.84. The van der Waals surface area contributed by atoms with Gasteiger partial charge in [0, 0.05) is 18.3 Å². The average molecular weight is 281 g/mol. The van der Waals surface area contributed by atoms with Crippen molar-refractivity contribution < 1.29 is 13.2 Å². The second kappa shape index (κ2) is 4.56. The van der Waals surface area contributed by atoms with E-state index in [9.17, 15) is 13.2 Å². The summed E-state index contributed by atoms with van der Waals surface area (Å²) in [5.74, 6) is 0.731. The molecule has 0 radical (unpaired) electrons. The van der Waals surface area contributed by atoms with Crippen molar-refractivity contribution in [3.8, 4) is 0 Å². The SMILES string of the molecule is O=C(NS(=O)(=O)CC1CC1)c1cnc(C2CC2)nc1. The summed E-state index contributed by atoms with van der Waals surface area (Å²) in [6.45, 7) is 0. The number of rotatable bonds is 5. The Bertz CT molecular complexity index is 589. The van der Waals surface area contributed by atoms with Crippen LogP contribution in [-0.4, -0.2) is 30.0 Å². The quantitative estimate of drug-likeness (QED) is 0.863. The Hall–Kier alpha value is -1.50. The molecule has 6 nitrogen and oxygen atoms in total. The van der Waals surface area contributed by atoms with Gasteiger partial charge >= 0.3 is 0 Å². The largest absolute Gasteiger partial charge is 0.268 e. The number of nitrogens with zero attached hydrogens (tertiary/aromatic N) is 2. The summed E-state index contributed by atoms with van der Waals surface area (Å²) in [5, 5.41) is 0. The molecule has 0 aliphatic heterocycles. The van der Waals surface area contributed by atoms with Crippen LogP contribution < -0.4 is 4.72 Å². The van der Waals surface area contributed by atoms with Gasteiger partial charge in [-0.1, -0.05) is 0 Å². The van der Waals surface area contributed by atoms with Crippen LogP contribution >= 0.6 is 0 Å². The lowest BCUT2D eigenvalue weighted by Gasteiger charge is -2.06. The second-order valence-corrected chi connectivity index (χ2v) is 7.03. The predicted octanol–water partition coefficient (Wildman–Crippen LogP) is 0.824. The molecule has 2 aliphatic carbocycles. The molecule has 0 atom stereocenters. The first-order valence-electron chi connectivity index (χ1n) is 6.40. The monoisotopic (exact) mass is 281 g/mol. The van der Waals surface area contributed by atoms with Crippen molar-refractivity contribution in [3.63, 3.8) is 0 Å². The van der Waals surface area contributed by atoms with Crippen LogP contribution in [0.25, 0.3) is 0 Å². The van der Waals surface area contributed by atoms with E-state index >= 15 is 0 Å². The highest BCUT2D eigenvalue weighted by Gasteiger charge is 2.30. The minimum Gasteiger partial charge on any atom is -0.268 e. The Morgan fingerprint density at radius 3 is 2.37 bits per heavy atom. The second-order valence-electron chi connectivity index (χ2n) is 5.26. The third kappa shape index (κ3) is 3.28. The van der Waals surface area contributed by atoms with Crippen LogP contribution in [0.5, 0.6) is 0 Å². The first-order chi connectivity index (χ1) is 9.03.